The van der Waals surface area contributed by atoms with E-state index in [-0.39, 0.29) is 25.5 Å². The largest absolute Gasteiger partial charge is 0.308 e. The summed E-state index contributed by atoms with van der Waals surface area (Å²) < 4.78 is 54.2. The molecule has 2 aromatic rings. The van der Waals surface area contributed by atoms with E-state index in [0.29, 0.717) is 6.54 Å². The molecule has 0 N–H and O–H groups in total. The zero-order valence-corrected chi connectivity index (χ0v) is 15.7. The van der Waals surface area contributed by atoms with Crippen molar-refractivity contribution in [2.75, 3.05) is 27.2 Å². The Morgan fingerprint density at radius 2 is 1.60 bits per heavy atom. The minimum atomic E-state index is -4.16. The van der Waals surface area contributed by atoms with Crippen molar-refractivity contribution in [1.29, 1.82) is 0 Å². The van der Waals surface area contributed by atoms with Crippen LogP contribution in [0.1, 0.15) is 5.56 Å². The summed E-state index contributed by atoms with van der Waals surface area (Å²) in [4.78, 5) is 1.19. The first-order chi connectivity index (χ1) is 11.3. The highest BCUT2D eigenvalue weighted by Gasteiger charge is 2.28. The van der Waals surface area contributed by atoms with E-state index in [4.69, 9.17) is 0 Å². The van der Waals surface area contributed by atoms with Gasteiger partial charge in [-0.2, -0.15) is 4.31 Å². The van der Waals surface area contributed by atoms with Crippen LogP contribution in [0.3, 0.4) is 0 Å². The zero-order chi connectivity index (χ0) is 17.7. The Hall–Kier alpha value is -1.54. The molecule has 0 unspecified atom stereocenters. The fourth-order valence-corrected chi connectivity index (χ4v) is 3.69. The van der Waals surface area contributed by atoms with Crippen LogP contribution in [0, 0.1) is 11.6 Å². The summed E-state index contributed by atoms with van der Waals surface area (Å²) in [6.07, 6.45) is 0. The van der Waals surface area contributed by atoms with Crippen molar-refractivity contribution in [2.45, 2.75) is 11.4 Å². The van der Waals surface area contributed by atoms with Crippen molar-refractivity contribution in [3.8, 4) is 0 Å². The molecule has 0 aromatic heterocycles. The molecule has 2 rings (SSSR count). The van der Waals surface area contributed by atoms with Crippen LogP contribution in [-0.2, 0) is 16.6 Å². The number of hydrogen-bond acceptors (Lipinski definition) is 3. The molecule has 0 saturated heterocycles. The molecule has 0 fully saturated rings. The highest BCUT2D eigenvalue weighted by molar-refractivity contribution is 7.89. The molecule has 0 saturated carbocycles. The van der Waals surface area contributed by atoms with E-state index in [0.717, 1.165) is 23.8 Å². The van der Waals surface area contributed by atoms with Gasteiger partial charge in [0.05, 0.1) is 0 Å². The zero-order valence-electron chi connectivity index (χ0n) is 14.0. The third-order valence-corrected chi connectivity index (χ3v) is 5.37. The van der Waals surface area contributed by atoms with Gasteiger partial charge < -0.3 is 4.90 Å². The van der Waals surface area contributed by atoms with Gasteiger partial charge in [0.25, 0.3) is 0 Å². The van der Waals surface area contributed by atoms with Gasteiger partial charge >= 0.3 is 0 Å². The molecule has 0 aliphatic rings. The number of rotatable bonds is 7. The Labute approximate surface area is 153 Å². The summed E-state index contributed by atoms with van der Waals surface area (Å²) in [5.74, 6) is -1.75. The van der Waals surface area contributed by atoms with E-state index in [1.54, 1.807) is 24.3 Å². The van der Waals surface area contributed by atoms with Crippen LogP contribution in [0.15, 0.2) is 53.4 Å². The summed E-state index contributed by atoms with van der Waals surface area (Å²) in [5.41, 5.74) is 0.775. The van der Waals surface area contributed by atoms with Crippen LogP contribution < -0.4 is 0 Å². The Balaban J connectivity index is 0.00000312. The molecule has 0 aliphatic heterocycles. The number of benzene rings is 2. The van der Waals surface area contributed by atoms with Crippen molar-refractivity contribution >= 4 is 22.4 Å². The smallest absolute Gasteiger partial charge is 0.246 e. The molecule has 2 aromatic carbocycles. The highest BCUT2D eigenvalue weighted by atomic mass is 35.5. The predicted octanol–water partition coefficient (Wildman–Crippen LogP) is 3.14. The second kappa shape index (κ2) is 9.24. The first kappa shape index (κ1) is 21.5. The van der Waals surface area contributed by atoms with E-state index in [2.05, 4.69) is 0 Å². The second-order valence-electron chi connectivity index (χ2n) is 5.70. The topological polar surface area (TPSA) is 40.6 Å². The van der Waals surface area contributed by atoms with Crippen molar-refractivity contribution in [3.05, 3.63) is 65.7 Å². The number of sulfonamides is 1. The maximum Gasteiger partial charge on any atom is 0.246 e. The number of likely N-dealkylation sites (N-methyl/N-ethyl adjacent to an activating group) is 1. The summed E-state index contributed by atoms with van der Waals surface area (Å²) in [6.45, 7) is 0.718. The van der Waals surface area contributed by atoms with Crippen LogP contribution in [0.5, 0.6) is 0 Å². The van der Waals surface area contributed by atoms with Crippen LogP contribution >= 0.6 is 12.4 Å². The molecule has 0 amide bonds. The Bertz CT molecular complexity index is 786. The molecular weight excluding hydrogens is 370 g/mol. The lowest BCUT2D eigenvalue weighted by Gasteiger charge is -2.24. The van der Waals surface area contributed by atoms with Crippen molar-refractivity contribution in [3.63, 3.8) is 0 Å². The van der Waals surface area contributed by atoms with E-state index in [1.807, 2.05) is 25.1 Å². The average Bonchev–Trinajstić information content (AvgIpc) is 2.54. The lowest BCUT2D eigenvalue weighted by Crippen LogP contribution is -2.36. The van der Waals surface area contributed by atoms with Gasteiger partial charge in [-0.3, -0.25) is 0 Å². The third-order valence-electron chi connectivity index (χ3n) is 3.51. The van der Waals surface area contributed by atoms with E-state index in [9.17, 15) is 17.2 Å². The van der Waals surface area contributed by atoms with Gasteiger partial charge in [-0.25, -0.2) is 17.2 Å². The van der Waals surface area contributed by atoms with Crippen molar-refractivity contribution in [2.24, 2.45) is 0 Å². The first-order valence-corrected chi connectivity index (χ1v) is 8.88. The van der Waals surface area contributed by atoms with Crippen LogP contribution in [0.25, 0.3) is 0 Å². The first-order valence-electron chi connectivity index (χ1n) is 7.44. The molecule has 0 heterocycles. The van der Waals surface area contributed by atoms with Gasteiger partial charge in [0.2, 0.25) is 10.0 Å². The van der Waals surface area contributed by atoms with Crippen LogP contribution in [0.4, 0.5) is 8.78 Å². The number of nitrogens with zero attached hydrogens (tertiary/aromatic N) is 2. The van der Waals surface area contributed by atoms with Crippen molar-refractivity contribution < 1.29 is 17.2 Å². The summed E-state index contributed by atoms with van der Waals surface area (Å²) in [7, 11) is -0.525. The summed E-state index contributed by atoms with van der Waals surface area (Å²) in [5, 5.41) is 0. The second-order valence-corrected chi connectivity index (χ2v) is 7.61. The van der Waals surface area contributed by atoms with Gasteiger partial charge in [-0.1, -0.05) is 30.3 Å². The van der Waals surface area contributed by atoms with Gasteiger partial charge in [0.1, 0.15) is 16.5 Å². The molecule has 0 atom stereocenters. The van der Waals surface area contributed by atoms with Gasteiger partial charge in [-0.15, -0.1) is 12.4 Å². The quantitative estimate of drug-likeness (QED) is 0.729. The lowest BCUT2D eigenvalue weighted by molar-refractivity contribution is 0.328. The van der Waals surface area contributed by atoms with Gasteiger partial charge in [0, 0.05) is 19.6 Å². The van der Waals surface area contributed by atoms with Gasteiger partial charge in [0.15, 0.2) is 0 Å². The Morgan fingerprint density at radius 3 is 2.20 bits per heavy atom. The minimum absolute atomic E-state index is 0. The van der Waals surface area contributed by atoms with E-state index < -0.39 is 26.6 Å². The fourth-order valence-electron chi connectivity index (χ4n) is 2.20. The predicted molar refractivity (Wildman–Crippen MR) is 96.2 cm³/mol. The summed E-state index contributed by atoms with van der Waals surface area (Å²) in [6, 6.07) is 11.5. The molecule has 138 valence electrons. The number of halogens is 3. The molecule has 0 spiro atoms. The van der Waals surface area contributed by atoms with Crippen LogP contribution in [-0.4, -0.2) is 44.8 Å². The maximum atomic E-state index is 14.0. The van der Waals surface area contributed by atoms with Gasteiger partial charge in [-0.05, 0) is 37.9 Å². The standard InChI is InChI=1S/C17H20F2N2O2S.ClH/c1-20(2)10-11-21(13-14-6-4-3-5-7-14)24(22,23)17-12-15(18)8-9-16(17)19;/h3-9,12H,10-11,13H2,1-2H3;1H. The fraction of sp³-hybridized carbons (Fsp3) is 0.294. The average molecular weight is 391 g/mol. The third kappa shape index (κ3) is 5.74. The SMILES string of the molecule is CN(C)CCN(Cc1ccccc1)S(=O)(=O)c1cc(F)ccc1F.Cl. The normalized spacial score (nSPS) is 11.6. The molecule has 8 heteroatoms. The molecular formula is C17H21ClF2N2O2S. The van der Waals surface area contributed by atoms with Crippen molar-refractivity contribution in [1.82, 2.24) is 9.21 Å². The Kier molecular flexibility index (Phi) is 7.95. The molecule has 0 radical (unpaired) electrons. The lowest BCUT2D eigenvalue weighted by atomic mass is 10.2. The maximum absolute atomic E-state index is 14.0. The monoisotopic (exact) mass is 390 g/mol. The van der Waals surface area contributed by atoms with Crippen LogP contribution in [0.2, 0.25) is 0 Å². The number of hydrogen-bond donors (Lipinski definition) is 0. The molecule has 0 bridgehead atoms. The highest BCUT2D eigenvalue weighted by Crippen LogP contribution is 2.22. The van der Waals surface area contributed by atoms with E-state index in [1.165, 1.54) is 4.31 Å². The molecule has 25 heavy (non-hydrogen) atoms. The van der Waals surface area contributed by atoms with E-state index >= 15 is 0 Å². The summed E-state index contributed by atoms with van der Waals surface area (Å²) >= 11 is 0. The molecule has 0 aliphatic carbocycles. The molecule has 4 nitrogen and oxygen atoms in total. The Morgan fingerprint density at radius 1 is 0.960 bits per heavy atom. The minimum Gasteiger partial charge on any atom is -0.308 e.